The minimum Gasteiger partial charge on any atom is -0.325 e. The summed E-state index contributed by atoms with van der Waals surface area (Å²) in [7, 11) is 0. The third kappa shape index (κ3) is 2.43. The van der Waals surface area contributed by atoms with Crippen LogP contribution in [0, 0.1) is 0 Å². The fraction of sp³-hybridized carbons (Fsp3) is 0.0667. The lowest BCUT2D eigenvalue weighted by molar-refractivity contribution is 0.815. The Labute approximate surface area is 121 Å². The maximum absolute atomic E-state index is 5.93. The highest BCUT2D eigenvalue weighted by Gasteiger charge is 2.11. The molecule has 0 fully saturated rings. The number of nitrogens with two attached hydrogens (primary N) is 1. The van der Waals surface area contributed by atoms with Gasteiger partial charge in [0.15, 0.2) is 5.82 Å². The molecule has 5 heteroatoms. The summed E-state index contributed by atoms with van der Waals surface area (Å²) in [4.78, 5) is 4.33. The third-order valence-electron chi connectivity index (χ3n) is 2.98. The van der Waals surface area contributed by atoms with Crippen LogP contribution in [-0.4, -0.2) is 14.8 Å². The van der Waals surface area contributed by atoms with Gasteiger partial charge in [0.2, 0.25) is 0 Å². The van der Waals surface area contributed by atoms with Crippen LogP contribution in [0.1, 0.15) is 5.69 Å². The summed E-state index contributed by atoms with van der Waals surface area (Å²) in [6.45, 7) is 0.389. The van der Waals surface area contributed by atoms with Gasteiger partial charge in [0.25, 0.3) is 0 Å². The van der Waals surface area contributed by atoms with Crippen molar-refractivity contribution >= 4 is 11.6 Å². The zero-order chi connectivity index (χ0) is 13.9. The lowest BCUT2D eigenvalue weighted by Crippen LogP contribution is -2.03. The molecule has 0 bridgehead atoms. The van der Waals surface area contributed by atoms with Crippen molar-refractivity contribution < 1.29 is 0 Å². The first kappa shape index (κ1) is 12.8. The molecular formula is C15H13ClN4. The topological polar surface area (TPSA) is 56.7 Å². The zero-order valence-electron chi connectivity index (χ0n) is 10.7. The average molecular weight is 285 g/mol. The lowest BCUT2D eigenvalue weighted by Gasteiger charge is -2.06. The van der Waals surface area contributed by atoms with Crippen LogP contribution in [0.2, 0.25) is 5.02 Å². The van der Waals surface area contributed by atoms with Crippen LogP contribution < -0.4 is 5.73 Å². The second-order valence-corrected chi connectivity index (χ2v) is 4.77. The number of rotatable bonds is 3. The molecule has 0 radical (unpaired) electrons. The lowest BCUT2D eigenvalue weighted by atomic mass is 10.1. The predicted molar refractivity (Wildman–Crippen MR) is 79.7 cm³/mol. The van der Waals surface area contributed by atoms with Crippen LogP contribution >= 0.6 is 11.6 Å². The van der Waals surface area contributed by atoms with E-state index in [4.69, 9.17) is 17.3 Å². The molecule has 20 heavy (non-hydrogen) atoms. The third-order valence-corrected chi connectivity index (χ3v) is 3.23. The van der Waals surface area contributed by atoms with Gasteiger partial charge in [-0.3, -0.25) is 0 Å². The molecule has 100 valence electrons. The summed E-state index contributed by atoms with van der Waals surface area (Å²) in [5, 5.41) is 5.20. The minimum atomic E-state index is 0.389. The second kappa shape index (κ2) is 5.45. The quantitative estimate of drug-likeness (QED) is 0.804. The Hall–Kier alpha value is -2.17. The molecule has 0 atom stereocenters. The molecule has 3 aromatic rings. The van der Waals surface area contributed by atoms with Crippen LogP contribution in [0.5, 0.6) is 0 Å². The molecule has 0 aliphatic heterocycles. The Morgan fingerprint density at radius 3 is 2.55 bits per heavy atom. The summed E-state index contributed by atoms with van der Waals surface area (Å²) in [6, 6.07) is 15.3. The molecular weight excluding hydrogens is 272 g/mol. The van der Waals surface area contributed by atoms with E-state index in [1.807, 2.05) is 48.5 Å². The molecule has 3 rings (SSSR count). The van der Waals surface area contributed by atoms with Crippen molar-refractivity contribution in [3.05, 3.63) is 65.4 Å². The van der Waals surface area contributed by atoms with Crippen molar-refractivity contribution in [2.24, 2.45) is 5.73 Å². The van der Waals surface area contributed by atoms with Crippen molar-refractivity contribution in [1.29, 1.82) is 0 Å². The summed E-state index contributed by atoms with van der Waals surface area (Å²) < 4.78 is 1.80. The first-order valence-corrected chi connectivity index (χ1v) is 6.62. The van der Waals surface area contributed by atoms with E-state index >= 15 is 0 Å². The van der Waals surface area contributed by atoms with E-state index in [9.17, 15) is 0 Å². The van der Waals surface area contributed by atoms with Crippen molar-refractivity contribution in [3.8, 4) is 17.1 Å². The maximum atomic E-state index is 5.93. The average Bonchev–Trinajstić information content (AvgIpc) is 2.93. The number of halogens is 1. The monoisotopic (exact) mass is 284 g/mol. The highest BCUT2D eigenvalue weighted by atomic mass is 35.5. The fourth-order valence-corrected chi connectivity index (χ4v) is 2.14. The maximum Gasteiger partial charge on any atom is 0.153 e. The van der Waals surface area contributed by atoms with Gasteiger partial charge in [0.1, 0.15) is 0 Å². The van der Waals surface area contributed by atoms with Crippen LogP contribution in [-0.2, 0) is 6.54 Å². The molecule has 2 aromatic heterocycles. The summed E-state index contributed by atoms with van der Waals surface area (Å²) in [6.07, 6.45) is 1.74. The molecule has 2 heterocycles. The van der Waals surface area contributed by atoms with Crippen LogP contribution in [0.25, 0.3) is 17.1 Å². The zero-order valence-corrected chi connectivity index (χ0v) is 11.5. The van der Waals surface area contributed by atoms with E-state index in [0.717, 1.165) is 22.8 Å². The van der Waals surface area contributed by atoms with E-state index in [1.165, 1.54) is 0 Å². The van der Waals surface area contributed by atoms with Crippen molar-refractivity contribution in [1.82, 2.24) is 14.8 Å². The first-order valence-electron chi connectivity index (χ1n) is 6.24. The highest BCUT2D eigenvalue weighted by molar-refractivity contribution is 6.30. The van der Waals surface area contributed by atoms with Gasteiger partial charge in [-0.25, -0.2) is 9.67 Å². The van der Waals surface area contributed by atoms with Gasteiger partial charge in [-0.1, -0.05) is 29.8 Å². The Bertz CT molecular complexity index is 704. The van der Waals surface area contributed by atoms with Crippen molar-refractivity contribution in [2.75, 3.05) is 0 Å². The summed E-state index contributed by atoms with van der Waals surface area (Å²) in [5.41, 5.74) is 8.48. The molecule has 1 aromatic carbocycles. The molecule has 0 unspecified atom stereocenters. The fourth-order valence-electron chi connectivity index (χ4n) is 2.01. The van der Waals surface area contributed by atoms with Gasteiger partial charge in [-0.05, 0) is 30.3 Å². The Kier molecular flexibility index (Phi) is 3.50. The molecule has 0 spiro atoms. The number of benzene rings is 1. The molecule has 2 N–H and O–H groups in total. The number of hydrogen-bond donors (Lipinski definition) is 1. The van der Waals surface area contributed by atoms with Gasteiger partial charge in [-0.15, -0.1) is 0 Å². The van der Waals surface area contributed by atoms with Crippen LogP contribution in [0.3, 0.4) is 0 Å². The Morgan fingerprint density at radius 1 is 1.10 bits per heavy atom. The van der Waals surface area contributed by atoms with Gasteiger partial charge >= 0.3 is 0 Å². The van der Waals surface area contributed by atoms with E-state index in [2.05, 4.69) is 10.1 Å². The van der Waals surface area contributed by atoms with Crippen LogP contribution in [0.15, 0.2) is 54.7 Å². The van der Waals surface area contributed by atoms with E-state index in [0.29, 0.717) is 11.6 Å². The summed E-state index contributed by atoms with van der Waals surface area (Å²) in [5.74, 6) is 0.761. The molecule has 0 aliphatic rings. The largest absolute Gasteiger partial charge is 0.325 e. The van der Waals surface area contributed by atoms with E-state index < -0.39 is 0 Å². The smallest absolute Gasteiger partial charge is 0.153 e. The predicted octanol–water partition coefficient (Wildman–Crippen LogP) is 3.05. The second-order valence-electron chi connectivity index (χ2n) is 4.33. The molecule has 0 aliphatic carbocycles. The van der Waals surface area contributed by atoms with Crippen molar-refractivity contribution in [3.63, 3.8) is 0 Å². The van der Waals surface area contributed by atoms with Gasteiger partial charge in [-0.2, -0.15) is 5.10 Å². The molecule has 4 nitrogen and oxygen atoms in total. The van der Waals surface area contributed by atoms with Crippen molar-refractivity contribution in [2.45, 2.75) is 6.54 Å². The normalized spacial score (nSPS) is 10.7. The standard InChI is InChI=1S/C15H13ClN4/c16-12-6-4-11(5-7-12)14-9-13(10-17)19-20(14)15-3-1-2-8-18-15/h1-9H,10,17H2. The number of nitrogens with zero attached hydrogens (tertiary/aromatic N) is 3. The Balaban J connectivity index is 2.15. The Morgan fingerprint density at radius 2 is 1.90 bits per heavy atom. The number of aromatic nitrogens is 3. The highest BCUT2D eigenvalue weighted by Crippen LogP contribution is 2.24. The van der Waals surface area contributed by atoms with Gasteiger partial charge in [0, 0.05) is 23.3 Å². The van der Waals surface area contributed by atoms with Gasteiger partial charge < -0.3 is 5.73 Å². The van der Waals surface area contributed by atoms with Crippen LogP contribution in [0.4, 0.5) is 0 Å². The van der Waals surface area contributed by atoms with Gasteiger partial charge in [0.05, 0.1) is 11.4 Å². The molecule has 0 saturated heterocycles. The number of hydrogen-bond acceptors (Lipinski definition) is 3. The van der Waals surface area contributed by atoms with E-state index in [-0.39, 0.29) is 0 Å². The summed E-state index contributed by atoms with van der Waals surface area (Å²) >= 11 is 5.93. The SMILES string of the molecule is NCc1cc(-c2ccc(Cl)cc2)n(-c2ccccn2)n1. The molecule has 0 amide bonds. The first-order chi connectivity index (χ1) is 9.78. The minimum absolute atomic E-state index is 0.389. The molecule has 0 saturated carbocycles. The van der Waals surface area contributed by atoms with E-state index in [1.54, 1.807) is 10.9 Å². The number of pyridine rings is 1.